The van der Waals surface area contributed by atoms with Gasteiger partial charge in [-0.25, -0.2) is 5.48 Å². The summed E-state index contributed by atoms with van der Waals surface area (Å²) in [7, 11) is 1.62. The van der Waals surface area contributed by atoms with Crippen molar-refractivity contribution in [2.24, 2.45) is 0 Å². The molecule has 0 atom stereocenters. The minimum atomic E-state index is 0.122. The Labute approximate surface area is 167 Å². The van der Waals surface area contributed by atoms with E-state index in [4.69, 9.17) is 48.0 Å². The standard InChI is InChI=1S/C16H21Cl2N5O4/c1-24-5-6-25-7-8-26-9-10-27-23-16-20-15(19)14(21-22-16)11-3-2-4-12(17)13(11)18/h2-4H,5-10H2,1H3,(H3,19,20,22,23). The summed E-state index contributed by atoms with van der Waals surface area (Å²) in [6, 6.07) is 5.14. The summed E-state index contributed by atoms with van der Waals surface area (Å²) in [5.41, 5.74) is 9.38. The monoisotopic (exact) mass is 417 g/mol. The first-order valence-electron chi connectivity index (χ1n) is 8.10. The van der Waals surface area contributed by atoms with Crippen LogP contribution in [0.2, 0.25) is 10.0 Å². The third-order valence-corrected chi connectivity index (χ3v) is 4.04. The zero-order valence-electron chi connectivity index (χ0n) is 14.8. The number of aromatic nitrogens is 3. The Morgan fingerprint density at radius 1 is 1.00 bits per heavy atom. The number of nitrogens with two attached hydrogens (primary N) is 1. The van der Waals surface area contributed by atoms with Crippen molar-refractivity contribution in [2.75, 3.05) is 58.0 Å². The second-order valence-electron chi connectivity index (χ2n) is 5.14. The average Bonchev–Trinajstić information content (AvgIpc) is 2.66. The van der Waals surface area contributed by atoms with Crippen LogP contribution < -0.4 is 11.2 Å². The number of nitrogens with zero attached hydrogens (tertiary/aromatic N) is 3. The van der Waals surface area contributed by atoms with Gasteiger partial charge in [-0.15, -0.1) is 10.2 Å². The molecule has 3 N–H and O–H groups in total. The van der Waals surface area contributed by atoms with Gasteiger partial charge in [0.05, 0.1) is 49.7 Å². The molecule has 0 bridgehead atoms. The first-order chi connectivity index (χ1) is 13.1. The number of nitrogens with one attached hydrogen (secondary N) is 1. The highest BCUT2D eigenvalue weighted by Crippen LogP contribution is 2.34. The number of ether oxygens (including phenoxy) is 3. The molecule has 0 amide bonds. The van der Waals surface area contributed by atoms with Gasteiger partial charge in [0.1, 0.15) is 5.69 Å². The molecule has 0 radical (unpaired) electrons. The van der Waals surface area contributed by atoms with E-state index >= 15 is 0 Å². The van der Waals surface area contributed by atoms with Gasteiger partial charge in [-0.2, -0.15) is 4.98 Å². The smallest absolute Gasteiger partial charge is 0.268 e. The molecule has 9 nitrogen and oxygen atoms in total. The molecule has 0 unspecified atom stereocenters. The van der Waals surface area contributed by atoms with E-state index in [1.54, 1.807) is 25.3 Å². The molecular weight excluding hydrogens is 397 g/mol. The van der Waals surface area contributed by atoms with Crippen molar-refractivity contribution in [3.8, 4) is 11.3 Å². The second-order valence-corrected chi connectivity index (χ2v) is 5.92. The van der Waals surface area contributed by atoms with E-state index in [0.717, 1.165) is 0 Å². The van der Waals surface area contributed by atoms with Gasteiger partial charge in [0.25, 0.3) is 5.95 Å². The van der Waals surface area contributed by atoms with Gasteiger partial charge in [-0.1, -0.05) is 35.3 Å². The Morgan fingerprint density at radius 2 is 1.70 bits per heavy atom. The normalized spacial score (nSPS) is 10.9. The largest absolute Gasteiger partial charge is 0.382 e. The zero-order valence-corrected chi connectivity index (χ0v) is 16.3. The van der Waals surface area contributed by atoms with Crippen molar-refractivity contribution < 1.29 is 19.0 Å². The molecule has 0 aliphatic heterocycles. The average molecular weight is 418 g/mol. The molecule has 0 spiro atoms. The van der Waals surface area contributed by atoms with Gasteiger partial charge in [0, 0.05) is 12.7 Å². The maximum atomic E-state index is 6.17. The van der Waals surface area contributed by atoms with Crippen LogP contribution in [-0.2, 0) is 19.0 Å². The minimum absolute atomic E-state index is 0.122. The predicted octanol–water partition coefficient (Wildman–Crippen LogP) is 2.45. The third-order valence-electron chi connectivity index (χ3n) is 3.22. The van der Waals surface area contributed by atoms with Crippen LogP contribution in [0.15, 0.2) is 18.2 Å². The van der Waals surface area contributed by atoms with Gasteiger partial charge < -0.3 is 19.9 Å². The summed E-state index contributed by atoms with van der Waals surface area (Å²) in [6.07, 6.45) is 0. The van der Waals surface area contributed by atoms with E-state index in [2.05, 4.69) is 20.7 Å². The SMILES string of the molecule is COCCOCCOCCONc1nnc(-c2cccc(Cl)c2Cl)c(N)n1. The van der Waals surface area contributed by atoms with Gasteiger partial charge in [0.15, 0.2) is 5.82 Å². The molecule has 11 heteroatoms. The van der Waals surface area contributed by atoms with E-state index < -0.39 is 0 Å². The van der Waals surface area contributed by atoms with Crippen LogP contribution in [0.25, 0.3) is 11.3 Å². The fourth-order valence-electron chi connectivity index (χ4n) is 1.94. The van der Waals surface area contributed by atoms with Gasteiger partial charge in [0.2, 0.25) is 0 Å². The van der Waals surface area contributed by atoms with Crippen LogP contribution in [0, 0.1) is 0 Å². The third kappa shape index (κ3) is 7.06. The van der Waals surface area contributed by atoms with Crippen LogP contribution in [0.3, 0.4) is 0 Å². The molecule has 0 saturated heterocycles. The minimum Gasteiger partial charge on any atom is -0.382 e. The van der Waals surface area contributed by atoms with Crippen LogP contribution >= 0.6 is 23.2 Å². The molecule has 1 aromatic heterocycles. The molecule has 2 rings (SSSR count). The molecule has 27 heavy (non-hydrogen) atoms. The maximum Gasteiger partial charge on any atom is 0.268 e. The van der Waals surface area contributed by atoms with Gasteiger partial charge in [-0.3, -0.25) is 4.84 Å². The molecule has 1 heterocycles. The number of methoxy groups -OCH3 is 1. The summed E-state index contributed by atoms with van der Waals surface area (Å²) in [6.45, 7) is 2.72. The van der Waals surface area contributed by atoms with Crippen molar-refractivity contribution in [3.05, 3.63) is 28.2 Å². The molecule has 148 valence electrons. The Morgan fingerprint density at radius 3 is 2.41 bits per heavy atom. The fraction of sp³-hybridized carbons (Fsp3) is 0.438. The molecule has 0 aliphatic rings. The van der Waals surface area contributed by atoms with Crippen molar-refractivity contribution in [1.29, 1.82) is 0 Å². The van der Waals surface area contributed by atoms with Crippen molar-refractivity contribution in [2.45, 2.75) is 0 Å². The molecule has 1 aromatic carbocycles. The van der Waals surface area contributed by atoms with Gasteiger partial charge >= 0.3 is 0 Å². The zero-order chi connectivity index (χ0) is 19.5. The number of rotatable bonds is 12. The highest BCUT2D eigenvalue weighted by molar-refractivity contribution is 6.43. The summed E-state index contributed by atoms with van der Waals surface area (Å²) in [5, 5.41) is 8.67. The number of hydrogen-bond donors (Lipinski definition) is 2. The van der Waals surface area contributed by atoms with Crippen LogP contribution in [-0.4, -0.2) is 61.9 Å². The molecule has 2 aromatic rings. The topological polar surface area (TPSA) is 114 Å². The van der Waals surface area contributed by atoms with Crippen LogP contribution in [0.1, 0.15) is 0 Å². The lowest BCUT2D eigenvalue weighted by atomic mass is 10.1. The lowest BCUT2D eigenvalue weighted by Gasteiger charge is -2.09. The summed E-state index contributed by atoms with van der Waals surface area (Å²) < 4.78 is 15.5. The summed E-state index contributed by atoms with van der Waals surface area (Å²) in [5.74, 6) is 0.266. The maximum absolute atomic E-state index is 6.17. The van der Waals surface area contributed by atoms with Crippen molar-refractivity contribution >= 4 is 35.0 Å². The van der Waals surface area contributed by atoms with E-state index in [1.807, 2.05) is 0 Å². The van der Waals surface area contributed by atoms with Gasteiger partial charge in [-0.05, 0) is 6.07 Å². The van der Waals surface area contributed by atoms with Crippen molar-refractivity contribution in [1.82, 2.24) is 15.2 Å². The molecule has 0 fully saturated rings. The Kier molecular flexibility index (Phi) is 9.46. The number of hydrogen-bond acceptors (Lipinski definition) is 9. The molecule has 0 saturated carbocycles. The van der Waals surface area contributed by atoms with Crippen molar-refractivity contribution in [3.63, 3.8) is 0 Å². The van der Waals surface area contributed by atoms with Crippen LogP contribution in [0.5, 0.6) is 0 Å². The lowest BCUT2D eigenvalue weighted by Crippen LogP contribution is -2.14. The second kappa shape index (κ2) is 11.9. The van der Waals surface area contributed by atoms with Crippen LogP contribution in [0.4, 0.5) is 11.8 Å². The summed E-state index contributed by atoms with van der Waals surface area (Å²) in [4.78, 5) is 9.29. The number of anilines is 2. The Hall–Kier alpha value is -1.75. The Bertz CT molecular complexity index is 723. The lowest BCUT2D eigenvalue weighted by molar-refractivity contribution is 0.0101. The predicted molar refractivity (Wildman–Crippen MR) is 103 cm³/mol. The highest BCUT2D eigenvalue weighted by Gasteiger charge is 2.13. The number of halogens is 2. The molecule has 0 aliphatic carbocycles. The fourth-order valence-corrected chi connectivity index (χ4v) is 2.33. The van der Waals surface area contributed by atoms with E-state index in [-0.39, 0.29) is 18.4 Å². The van der Waals surface area contributed by atoms with E-state index in [0.29, 0.717) is 54.3 Å². The van der Waals surface area contributed by atoms with E-state index in [1.165, 1.54) is 0 Å². The molecular formula is C16H21Cl2N5O4. The summed E-state index contributed by atoms with van der Waals surface area (Å²) >= 11 is 12.2. The highest BCUT2D eigenvalue weighted by atomic mass is 35.5. The Balaban J connectivity index is 1.72. The first-order valence-corrected chi connectivity index (χ1v) is 8.86. The number of benzene rings is 1. The van der Waals surface area contributed by atoms with E-state index in [9.17, 15) is 0 Å². The quantitative estimate of drug-likeness (QED) is 0.396. The number of nitrogen functional groups attached to an aromatic ring is 1. The first kappa shape index (κ1) is 21.5.